The molecule has 0 aliphatic rings. The number of primary amides is 1. The quantitative estimate of drug-likeness (QED) is 0.676. The van der Waals surface area contributed by atoms with E-state index in [1.807, 2.05) is 6.07 Å². The molecular formula is C11H11INO. The van der Waals surface area contributed by atoms with Crippen molar-refractivity contribution in [3.63, 3.8) is 0 Å². The van der Waals surface area contributed by atoms with Gasteiger partial charge >= 0.3 is 0 Å². The largest absolute Gasteiger partial charge is 0.366 e. The van der Waals surface area contributed by atoms with E-state index in [4.69, 9.17) is 5.73 Å². The Kier molecular flexibility index (Phi) is 3.69. The number of hydrogen-bond donors (Lipinski definition) is 1. The first kappa shape index (κ1) is 11.2. The van der Waals surface area contributed by atoms with Gasteiger partial charge in [-0.25, -0.2) is 0 Å². The van der Waals surface area contributed by atoms with Gasteiger partial charge < -0.3 is 5.73 Å². The Morgan fingerprint density at radius 1 is 1.50 bits per heavy atom. The van der Waals surface area contributed by atoms with Crippen molar-refractivity contribution in [2.75, 3.05) is 0 Å². The summed E-state index contributed by atoms with van der Waals surface area (Å²) in [5, 5.41) is 0. The van der Waals surface area contributed by atoms with Crippen LogP contribution in [0.5, 0.6) is 0 Å². The van der Waals surface area contributed by atoms with Gasteiger partial charge in [0.15, 0.2) is 0 Å². The summed E-state index contributed by atoms with van der Waals surface area (Å²) < 4.78 is 0.976. The van der Waals surface area contributed by atoms with E-state index >= 15 is 0 Å². The number of allylic oxidation sites excluding steroid dienone is 1. The SMILES string of the molecule is [CH2]C(C=C)c1cc(I)cc(C(N)=O)c1. The smallest absolute Gasteiger partial charge is 0.248 e. The minimum absolute atomic E-state index is 0.0113. The molecule has 0 fully saturated rings. The molecule has 0 aromatic heterocycles. The predicted molar refractivity (Wildman–Crippen MR) is 66.0 cm³/mol. The lowest BCUT2D eigenvalue weighted by molar-refractivity contribution is 0.1000. The molecule has 1 radical (unpaired) electrons. The van der Waals surface area contributed by atoms with Crippen molar-refractivity contribution >= 4 is 28.5 Å². The zero-order valence-electron chi connectivity index (χ0n) is 7.66. The third-order valence-electron chi connectivity index (χ3n) is 1.92. The first-order valence-electron chi connectivity index (χ1n) is 4.10. The molecule has 3 heteroatoms. The fourth-order valence-corrected chi connectivity index (χ4v) is 1.80. The van der Waals surface area contributed by atoms with Gasteiger partial charge in [0.2, 0.25) is 5.91 Å². The highest BCUT2D eigenvalue weighted by Crippen LogP contribution is 2.20. The Hall–Kier alpha value is -0.840. The number of halogens is 1. The molecule has 2 nitrogen and oxygen atoms in total. The van der Waals surface area contributed by atoms with Gasteiger partial charge in [-0.05, 0) is 53.3 Å². The van der Waals surface area contributed by atoms with Crippen molar-refractivity contribution < 1.29 is 4.79 Å². The number of benzene rings is 1. The lowest BCUT2D eigenvalue weighted by Gasteiger charge is -2.08. The minimum atomic E-state index is -0.416. The van der Waals surface area contributed by atoms with Crippen molar-refractivity contribution in [2.45, 2.75) is 5.92 Å². The zero-order valence-corrected chi connectivity index (χ0v) is 9.82. The monoisotopic (exact) mass is 300 g/mol. The zero-order chi connectivity index (χ0) is 10.7. The Labute approximate surface area is 97.3 Å². The van der Waals surface area contributed by atoms with Crippen LogP contribution in [0.2, 0.25) is 0 Å². The number of rotatable bonds is 3. The number of amides is 1. The van der Waals surface area contributed by atoms with E-state index < -0.39 is 5.91 Å². The van der Waals surface area contributed by atoms with Crippen LogP contribution >= 0.6 is 22.6 Å². The van der Waals surface area contributed by atoms with E-state index in [1.54, 1.807) is 18.2 Å². The molecule has 2 N–H and O–H groups in total. The molecule has 73 valence electrons. The summed E-state index contributed by atoms with van der Waals surface area (Å²) in [4.78, 5) is 11.0. The summed E-state index contributed by atoms with van der Waals surface area (Å²) in [6.07, 6.45) is 1.73. The molecule has 0 bridgehead atoms. The molecule has 14 heavy (non-hydrogen) atoms. The molecule has 0 saturated heterocycles. The van der Waals surface area contributed by atoms with Crippen LogP contribution in [0.1, 0.15) is 21.8 Å². The Bertz CT molecular complexity index is 374. The van der Waals surface area contributed by atoms with E-state index in [1.165, 1.54) is 0 Å². The van der Waals surface area contributed by atoms with Crippen LogP contribution in [0.4, 0.5) is 0 Å². The lowest BCUT2D eigenvalue weighted by atomic mass is 9.99. The van der Waals surface area contributed by atoms with Gasteiger partial charge in [0, 0.05) is 15.1 Å². The molecule has 1 amide bonds. The standard InChI is InChI=1S/C11H11INO/c1-3-7(2)8-4-9(11(13)14)6-10(12)5-8/h3-7H,1-2H2,(H2,13,14). The van der Waals surface area contributed by atoms with Crippen molar-refractivity contribution in [3.8, 4) is 0 Å². The lowest BCUT2D eigenvalue weighted by Crippen LogP contribution is -2.11. The van der Waals surface area contributed by atoms with Crippen LogP contribution in [0, 0.1) is 10.5 Å². The average Bonchev–Trinajstić information content (AvgIpc) is 2.15. The van der Waals surface area contributed by atoms with Crippen molar-refractivity contribution in [3.05, 3.63) is 52.5 Å². The summed E-state index contributed by atoms with van der Waals surface area (Å²) in [6, 6.07) is 5.47. The van der Waals surface area contributed by atoms with E-state index in [-0.39, 0.29) is 5.92 Å². The molecule has 1 atom stereocenters. The minimum Gasteiger partial charge on any atom is -0.366 e. The molecule has 1 rings (SSSR count). The average molecular weight is 300 g/mol. The van der Waals surface area contributed by atoms with Crippen molar-refractivity contribution in [1.29, 1.82) is 0 Å². The second-order valence-corrected chi connectivity index (χ2v) is 4.23. The summed E-state index contributed by atoms with van der Waals surface area (Å²) in [5.41, 5.74) is 6.68. The van der Waals surface area contributed by atoms with Crippen molar-refractivity contribution in [2.24, 2.45) is 5.73 Å². The highest BCUT2D eigenvalue weighted by atomic mass is 127. The van der Waals surface area contributed by atoms with Gasteiger partial charge in [-0.2, -0.15) is 0 Å². The molecule has 0 heterocycles. The fourth-order valence-electron chi connectivity index (χ4n) is 1.10. The molecule has 1 unspecified atom stereocenters. The van der Waals surface area contributed by atoms with Crippen LogP contribution < -0.4 is 5.73 Å². The summed E-state index contributed by atoms with van der Waals surface area (Å²) in [6.45, 7) is 7.55. The van der Waals surface area contributed by atoms with Gasteiger partial charge in [-0.1, -0.05) is 6.08 Å². The van der Waals surface area contributed by atoms with Crippen LogP contribution in [0.15, 0.2) is 30.9 Å². The Morgan fingerprint density at radius 2 is 2.14 bits per heavy atom. The molecule has 0 saturated carbocycles. The first-order chi connectivity index (χ1) is 6.54. The Morgan fingerprint density at radius 3 is 2.64 bits per heavy atom. The van der Waals surface area contributed by atoms with Gasteiger partial charge in [-0.15, -0.1) is 6.58 Å². The maximum absolute atomic E-state index is 11.0. The van der Waals surface area contributed by atoms with Gasteiger partial charge in [0.1, 0.15) is 0 Å². The van der Waals surface area contributed by atoms with Gasteiger partial charge in [0.25, 0.3) is 0 Å². The number of nitrogens with two attached hydrogens (primary N) is 1. The third-order valence-corrected chi connectivity index (χ3v) is 2.54. The topological polar surface area (TPSA) is 43.1 Å². The number of carbonyl (C=O) groups is 1. The maximum Gasteiger partial charge on any atom is 0.248 e. The van der Waals surface area contributed by atoms with Crippen LogP contribution in [0.25, 0.3) is 0 Å². The number of hydrogen-bond acceptors (Lipinski definition) is 1. The van der Waals surface area contributed by atoms with Crippen LogP contribution in [-0.2, 0) is 0 Å². The van der Waals surface area contributed by atoms with E-state index in [0.29, 0.717) is 5.56 Å². The van der Waals surface area contributed by atoms with Crippen molar-refractivity contribution in [1.82, 2.24) is 0 Å². The van der Waals surface area contributed by atoms with E-state index in [2.05, 4.69) is 36.1 Å². The molecule has 0 aliphatic heterocycles. The summed E-state index contributed by atoms with van der Waals surface area (Å²) in [7, 11) is 0. The normalized spacial score (nSPS) is 12.1. The fraction of sp³-hybridized carbons (Fsp3) is 0.0909. The summed E-state index contributed by atoms with van der Waals surface area (Å²) in [5.74, 6) is -0.427. The molecule has 1 aromatic rings. The second kappa shape index (κ2) is 4.59. The second-order valence-electron chi connectivity index (χ2n) is 2.98. The third kappa shape index (κ3) is 2.57. The van der Waals surface area contributed by atoms with E-state index in [0.717, 1.165) is 9.13 Å². The van der Waals surface area contributed by atoms with Crippen LogP contribution in [-0.4, -0.2) is 5.91 Å². The predicted octanol–water partition coefficient (Wildman–Crippen LogP) is 2.49. The Balaban J connectivity index is 3.19. The summed E-state index contributed by atoms with van der Waals surface area (Å²) >= 11 is 2.14. The van der Waals surface area contributed by atoms with Gasteiger partial charge in [0.05, 0.1) is 0 Å². The highest BCUT2D eigenvalue weighted by molar-refractivity contribution is 14.1. The molecule has 0 aliphatic carbocycles. The number of carbonyl (C=O) groups excluding carboxylic acids is 1. The molecule has 0 spiro atoms. The first-order valence-corrected chi connectivity index (χ1v) is 5.18. The molecular weight excluding hydrogens is 289 g/mol. The van der Waals surface area contributed by atoms with Crippen LogP contribution in [0.3, 0.4) is 0 Å². The highest BCUT2D eigenvalue weighted by Gasteiger charge is 2.07. The maximum atomic E-state index is 11.0. The molecule has 1 aromatic carbocycles. The van der Waals surface area contributed by atoms with E-state index in [9.17, 15) is 4.79 Å². The van der Waals surface area contributed by atoms with Gasteiger partial charge in [-0.3, -0.25) is 4.79 Å².